The molecule has 0 spiro atoms. The number of pyridine rings is 1. The van der Waals surface area contributed by atoms with Crippen LogP contribution in [0.1, 0.15) is 0 Å². The molecule has 190 valence electrons. The summed E-state index contributed by atoms with van der Waals surface area (Å²) in [4.78, 5) is 5.32. The summed E-state index contributed by atoms with van der Waals surface area (Å²) in [6.07, 6.45) is 0. The molecule has 0 radical (unpaired) electrons. The van der Waals surface area contributed by atoms with Crippen LogP contribution in [-0.4, -0.2) is 33.4 Å². The minimum Gasteiger partial charge on any atom is -0.497 e. The number of benzene rings is 4. The van der Waals surface area contributed by atoms with E-state index in [-0.39, 0.29) is 0 Å². The molecule has 5 heteroatoms. The highest BCUT2D eigenvalue weighted by atomic mass is 16.5. The minimum absolute atomic E-state index is 0.796. The molecule has 0 N–H and O–H groups in total. The zero-order chi connectivity index (χ0) is 26.5. The fourth-order valence-corrected chi connectivity index (χ4v) is 4.43. The van der Waals surface area contributed by atoms with Crippen molar-refractivity contribution in [2.24, 2.45) is 0 Å². The van der Waals surface area contributed by atoms with Crippen molar-refractivity contribution >= 4 is 0 Å². The SMILES string of the molecule is COc1ccc(-c2cc(-c3ccc(OC)cc3)c(-c3ccc(OC)cc3)nc2-c2ccc(OC)cc2)cc1. The molecular formula is C33H29NO4. The summed E-state index contributed by atoms with van der Waals surface area (Å²) in [5.41, 5.74) is 7.85. The van der Waals surface area contributed by atoms with E-state index in [0.717, 1.165) is 67.8 Å². The second-order valence-electron chi connectivity index (χ2n) is 8.69. The molecule has 5 aromatic rings. The zero-order valence-corrected chi connectivity index (χ0v) is 21.9. The van der Waals surface area contributed by atoms with Gasteiger partial charge in [0.2, 0.25) is 0 Å². The van der Waals surface area contributed by atoms with Gasteiger partial charge < -0.3 is 18.9 Å². The Morgan fingerprint density at radius 2 is 0.632 bits per heavy atom. The first-order valence-corrected chi connectivity index (χ1v) is 12.3. The number of ether oxygens (including phenoxy) is 4. The normalized spacial score (nSPS) is 10.6. The Bertz CT molecular complexity index is 1280. The Morgan fingerprint density at radius 3 is 0.895 bits per heavy atom. The van der Waals surface area contributed by atoms with Crippen LogP contribution in [0.15, 0.2) is 103 Å². The molecule has 0 amide bonds. The quantitative estimate of drug-likeness (QED) is 0.216. The van der Waals surface area contributed by atoms with Crippen molar-refractivity contribution in [2.45, 2.75) is 0 Å². The van der Waals surface area contributed by atoms with Gasteiger partial charge in [0.05, 0.1) is 39.8 Å². The average molecular weight is 504 g/mol. The Kier molecular flexibility index (Phi) is 7.27. The summed E-state index contributed by atoms with van der Waals surface area (Å²) in [5, 5.41) is 0. The lowest BCUT2D eigenvalue weighted by Crippen LogP contribution is -1.97. The monoisotopic (exact) mass is 503 g/mol. The second kappa shape index (κ2) is 11.1. The maximum absolute atomic E-state index is 5.40. The van der Waals surface area contributed by atoms with E-state index in [1.165, 1.54) is 0 Å². The first kappa shape index (κ1) is 24.9. The Hall–Kier alpha value is -4.77. The van der Waals surface area contributed by atoms with Gasteiger partial charge in [-0.2, -0.15) is 0 Å². The number of nitrogens with zero attached hydrogens (tertiary/aromatic N) is 1. The largest absolute Gasteiger partial charge is 0.497 e. The summed E-state index contributed by atoms with van der Waals surface area (Å²) in [6.45, 7) is 0. The molecule has 0 bridgehead atoms. The van der Waals surface area contributed by atoms with Crippen molar-refractivity contribution in [2.75, 3.05) is 28.4 Å². The van der Waals surface area contributed by atoms with Crippen molar-refractivity contribution in [3.8, 4) is 67.8 Å². The third-order valence-corrected chi connectivity index (χ3v) is 6.55. The third-order valence-electron chi connectivity index (χ3n) is 6.55. The fourth-order valence-electron chi connectivity index (χ4n) is 4.43. The van der Waals surface area contributed by atoms with Crippen LogP contribution in [0.4, 0.5) is 0 Å². The van der Waals surface area contributed by atoms with Crippen molar-refractivity contribution in [3.63, 3.8) is 0 Å². The van der Waals surface area contributed by atoms with Gasteiger partial charge in [-0.3, -0.25) is 0 Å². The summed E-state index contributed by atoms with van der Waals surface area (Å²) < 4.78 is 21.6. The number of rotatable bonds is 8. The van der Waals surface area contributed by atoms with E-state index < -0.39 is 0 Å². The number of hydrogen-bond acceptors (Lipinski definition) is 5. The van der Waals surface area contributed by atoms with Crippen LogP contribution in [0.3, 0.4) is 0 Å². The van der Waals surface area contributed by atoms with Crippen LogP contribution in [0, 0.1) is 0 Å². The maximum atomic E-state index is 5.40. The Morgan fingerprint density at radius 1 is 0.368 bits per heavy atom. The second-order valence-corrected chi connectivity index (χ2v) is 8.69. The van der Waals surface area contributed by atoms with Crippen LogP contribution < -0.4 is 18.9 Å². The van der Waals surface area contributed by atoms with Crippen molar-refractivity contribution in [1.82, 2.24) is 4.98 Å². The lowest BCUT2D eigenvalue weighted by atomic mass is 9.92. The van der Waals surface area contributed by atoms with E-state index in [2.05, 4.69) is 30.3 Å². The third kappa shape index (κ3) is 5.04. The summed E-state index contributed by atoms with van der Waals surface area (Å²) in [7, 11) is 6.68. The van der Waals surface area contributed by atoms with Crippen LogP contribution in [0.25, 0.3) is 44.8 Å². The van der Waals surface area contributed by atoms with Gasteiger partial charge in [0.25, 0.3) is 0 Å². The van der Waals surface area contributed by atoms with Gasteiger partial charge in [0.15, 0.2) is 0 Å². The van der Waals surface area contributed by atoms with Crippen LogP contribution in [-0.2, 0) is 0 Å². The van der Waals surface area contributed by atoms with E-state index in [1.807, 2.05) is 72.8 Å². The van der Waals surface area contributed by atoms with E-state index in [0.29, 0.717) is 0 Å². The van der Waals surface area contributed by atoms with Crippen LogP contribution >= 0.6 is 0 Å². The van der Waals surface area contributed by atoms with Gasteiger partial charge in [-0.15, -0.1) is 0 Å². The molecule has 0 saturated heterocycles. The fraction of sp³-hybridized carbons (Fsp3) is 0.121. The highest BCUT2D eigenvalue weighted by Gasteiger charge is 2.18. The van der Waals surface area contributed by atoms with Gasteiger partial charge in [0, 0.05) is 22.3 Å². The molecular weight excluding hydrogens is 474 g/mol. The molecule has 5 nitrogen and oxygen atoms in total. The molecule has 1 aromatic heterocycles. The van der Waals surface area contributed by atoms with Crippen LogP contribution in [0.2, 0.25) is 0 Å². The van der Waals surface area contributed by atoms with Crippen molar-refractivity contribution < 1.29 is 18.9 Å². The predicted molar refractivity (Wildman–Crippen MR) is 152 cm³/mol. The molecule has 0 saturated carbocycles. The van der Waals surface area contributed by atoms with E-state index in [4.69, 9.17) is 23.9 Å². The molecule has 0 aliphatic heterocycles. The highest BCUT2D eigenvalue weighted by Crippen LogP contribution is 2.41. The lowest BCUT2D eigenvalue weighted by Gasteiger charge is -2.18. The van der Waals surface area contributed by atoms with Gasteiger partial charge in [-0.05, 0) is 90.0 Å². The molecule has 5 rings (SSSR count). The standard InChI is InChI=1S/C33H29NO4/c1-35-26-13-5-22(6-14-26)30-21-31(23-7-15-27(36-2)16-8-23)33(25-11-19-29(38-4)20-12-25)34-32(30)24-9-17-28(37-3)18-10-24/h5-21H,1-4H3. The van der Waals surface area contributed by atoms with Crippen molar-refractivity contribution in [1.29, 1.82) is 0 Å². The smallest absolute Gasteiger partial charge is 0.118 e. The van der Waals surface area contributed by atoms with Crippen LogP contribution in [0.5, 0.6) is 23.0 Å². The topological polar surface area (TPSA) is 49.8 Å². The highest BCUT2D eigenvalue weighted by molar-refractivity contribution is 5.91. The van der Waals surface area contributed by atoms with Crippen molar-refractivity contribution in [3.05, 3.63) is 103 Å². The van der Waals surface area contributed by atoms with Gasteiger partial charge in [-0.25, -0.2) is 4.98 Å². The molecule has 38 heavy (non-hydrogen) atoms. The molecule has 0 aliphatic rings. The summed E-state index contributed by atoms with van der Waals surface area (Å²) >= 11 is 0. The molecule has 1 heterocycles. The number of aromatic nitrogens is 1. The number of methoxy groups -OCH3 is 4. The molecule has 0 atom stereocenters. The summed E-state index contributed by atoms with van der Waals surface area (Å²) in [5.74, 6) is 3.20. The predicted octanol–water partition coefficient (Wildman–Crippen LogP) is 7.78. The van der Waals surface area contributed by atoms with Gasteiger partial charge in [-0.1, -0.05) is 24.3 Å². The Labute approximate surface area is 223 Å². The molecule has 0 fully saturated rings. The number of hydrogen-bond donors (Lipinski definition) is 0. The van der Waals surface area contributed by atoms with Gasteiger partial charge in [0.1, 0.15) is 23.0 Å². The van der Waals surface area contributed by atoms with E-state index in [1.54, 1.807) is 28.4 Å². The first-order chi connectivity index (χ1) is 18.6. The molecule has 0 aliphatic carbocycles. The maximum Gasteiger partial charge on any atom is 0.118 e. The zero-order valence-electron chi connectivity index (χ0n) is 21.9. The average Bonchev–Trinajstić information content (AvgIpc) is 3.00. The molecule has 4 aromatic carbocycles. The lowest BCUT2D eigenvalue weighted by molar-refractivity contribution is 0.414. The first-order valence-electron chi connectivity index (χ1n) is 12.3. The van der Waals surface area contributed by atoms with E-state index in [9.17, 15) is 0 Å². The summed E-state index contributed by atoms with van der Waals surface area (Å²) in [6, 6.07) is 34.3. The van der Waals surface area contributed by atoms with Gasteiger partial charge >= 0.3 is 0 Å². The molecule has 0 unspecified atom stereocenters. The van der Waals surface area contributed by atoms with E-state index >= 15 is 0 Å². The minimum atomic E-state index is 0.796. The Balaban J connectivity index is 1.78.